The van der Waals surface area contributed by atoms with Gasteiger partial charge in [-0.25, -0.2) is 0 Å². The molecule has 0 spiro atoms. The van der Waals surface area contributed by atoms with Crippen LogP contribution in [0.4, 0.5) is 11.4 Å². The number of anilines is 2. The second-order valence-corrected chi connectivity index (χ2v) is 4.39. The van der Waals surface area contributed by atoms with Gasteiger partial charge >= 0.3 is 0 Å². The van der Waals surface area contributed by atoms with Crippen molar-refractivity contribution in [2.45, 2.75) is 6.92 Å². The van der Waals surface area contributed by atoms with Gasteiger partial charge in [-0.2, -0.15) is 0 Å². The molecule has 0 saturated heterocycles. The topological polar surface area (TPSA) is 12.0 Å². The second kappa shape index (κ2) is 4.77. The summed E-state index contributed by atoms with van der Waals surface area (Å²) >= 11 is 12.0. The largest absolute Gasteiger partial charge is 0.355 e. The predicted octanol–water partition coefficient (Wildman–Crippen LogP) is 5.05. The van der Waals surface area contributed by atoms with Crippen molar-refractivity contribution in [3.8, 4) is 0 Å². The zero-order chi connectivity index (χ0) is 11.5. The first-order valence-corrected chi connectivity index (χ1v) is 5.70. The van der Waals surface area contributed by atoms with Crippen molar-refractivity contribution in [1.82, 2.24) is 0 Å². The molecular formula is C13H11Cl2N. The van der Waals surface area contributed by atoms with Gasteiger partial charge in [0.05, 0.1) is 0 Å². The summed E-state index contributed by atoms with van der Waals surface area (Å²) in [6, 6.07) is 13.4. The van der Waals surface area contributed by atoms with E-state index in [4.69, 9.17) is 23.2 Å². The number of halogens is 2. The van der Waals surface area contributed by atoms with E-state index in [0.29, 0.717) is 5.02 Å². The van der Waals surface area contributed by atoms with Crippen molar-refractivity contribution in [3.63, 3.8) is 0 Å². The molecule has 2 aromatic carbocycles. The van der Waals surface area contributed by atoms with E-state index in [9.17, 15) is 0 Å². The molecule has 0 heterocycles. The molecule has 3 heteroatoms. The van der Waals surface area contributed by atoms with Gasteiger partial charge in [-0.3, -0.25) is 0 Å². The highest BCUT2D eigenvalue weighted by atomic mass is 35.5. The third kappa shape index (κ3) is 2.49. The van der Waals surface area contributed by atoms with E-state index in [1.165, 1.54) is 0 Å². The van der Waals surface area contributed by atoms with E-state index < -0.39 is 0 Å². The highest BCUT2D eigenvalue weighted by molar-refractivity contribution is 6.31. The highest BCUT2D eigenvalue weighted by Crippen LogP contribution is 2.26. The fourth-order valence-corrected chi connectivity index (χ4v) is 1.83. The summed E-state index contributed by atoms with van der Waals surface area (Å²) in [7, 11) is 0. The number of nitrogens with one attached hydrogen (secondary N) is 1. The van der Waals surface area contributed by atoms with Crippen LogP contribution >= 0.6 is 23.2 Å². The lowest BCUT2D eigenvalue weighted by atomic mass is 10.2. The Morgan fingerprint density at radius 3 is 2.50 bits per heavy atom. The third-order valence-corrected chi connectivity index (χ3v) is 3.02. The van der Waals surface area contributed by atoms with Crippen molar-refractivity contribution >= 4 is 34.6 Å². The maximum absolute atomic E-state index is 6.05. The van der Waals surface area contributed by atoms with Crippen molar-refractivity contribution < 1.29 is 0 Å². The number of hydrogen-bond acceptors (Lipinski definition) is 1. The first-order valence-electron chi connectivity index (χ1n) is 4.94. The molecule has 82 valence electrons. The second-order valence-electron chi connectivity index (χ2n) is 3.55. The number of benzene rings is 2. The molecule has 0 bridgehead atoms. The molecule has 0 aliphatic rings. The normalized spacial score (nSPS) is 10.2. The van der Waals surface area contributed by atoms with Crippen LogP contribution in [0.25, 0.3) is 0 Å². The Morgan fingerprint density at radius 2 is 1.75 bits per heavy atom. The molecule has 0 radical (unpaired) electrons. The fourth-order valence-electron chi connectivity index (χ4n) is 1.46. The minimum absolute atomic E-state index is 0.713. The maximum Gasteiger partial charge on any atom is 0.0455 e. The summed E-state index contributed by atoms with van der Waals surface area (Å²) in [4.78, 5) is 0. The molecule has 0 aliphatic carbocycles. The van der Waals surface area contributed by atoms with E-state index in [-0.39, 0.29) is 0 Å². The van der Waals surface area contributed by atoms with Crippen LogP contribution in [-0.4, -0.2) is 0 Å². The molecular weight excluding hydrogens is 241 g/mol. The lowest BCUT2D eigenvalue weighted by Gasteiger charge is -2.10. The van der Waals surface area contributed by atoms with Crippen LogP contribution in [0.2, 0.25) is 10.0 Å². The van der Waals surface area contributed by atoms with Crippen LogP contribution in [0, 0.1) is 6.92 Å². The van der Waals surface area contributed by atoms with Gasteiger partial charge in [0, 0.05) is 21.4 Å². The molecule has 0 aliphatic heterocycles. The van der Waals surface area contributed by atoms with Crippen molar-refractivity contribution in [2.75, 3.05) is 5.32 Å². The van der Waals surface area contributed by atoms with Gasteiger partial charge in [-0.1, -0.05) is 35.3 Å². The Morgan fingerprint density at radius 1 is 1.00 bits per heavy atom. The molecule has 0 amide bonds. The van der Waals surface area contributed by atoms with Crippen LogP contribution in [0.1, 0.15) is 5.56 Å². The summed E-state index contributed by atoms with van der Waals surface area (Å²) in [6.45, 7) is 1.98. The number of rotatable bonds is 2. The summed E-state index contributed by atoms with van der Waals surface area (Å²) in [6.07, 6.45) is 0. The van der Waals surface area contributed by atoms with Crippen molar-refractivity contribution in [1.29, 1.82) is 0 Å². The zero-order valence-electron chi connectivity index (χ0n) is 8.80. The maximum atomic E-state index is 6.05. The molecule has 0 aromatic heterocycles. The van der Waals surface area contributed by atoms with Gasteiger partial charge in [-0.15, -0.1) is 0 Å². The lowest BCUT2D eigenvalue weighted by molar-refractivity contribution is 1.43. The van der Waals surface area contributed by atoms with E-state index in [0.717, 1.165) is 22.0 Å². The van der Waals surface area contributed by atoms with E-state index >= 15 is 0 Å². The van der Waals surface area contributed by atoms with E-state index in [2.05, 4.69) is 5.32 Å². The lowest BCUT2D eigenvalue weighted by Crippen LogP contribution is -1.93. The average molecular weight is 252 g/mol. The fraction of sp³-hybridized carbons (Fsp3) is 0.0769. The summed E-state index contributed by atoms with van der Waals surface area (Å²) in [5, 5.41) is 4.75. The first-order chi connectivity index (χ1) is 7.66. The molecule has 0 atom stereocenters. The smallest absolute Gasteiger partial charge is 0.0455 e. The van der Waals surface area contributed by atoms with Crippen LogP contribution in [-0.2, 0) is 0 Å². The molecule has 0 fully saturated rings. The monoisotopic (exact) mass is 251 g/mol. The Labute approximate surface area is 105 Å². The SMILES string of the molecule is Cc1c(Cl)cccc1Nc1cccc(Cl)c1. The van der Waals surface area contributed by atoms with Gasteiger partial charge in [0.25, 0.3) is 0 Å². The summed E-state index contributed by atoms with van der Waals surface area (Å²) in [5.74, 6) is 0. The van der Waals surface area contributed by atoms with Gasteiger partial charge in [0.2, 0.25) is 0 Å². The Kier molecular flexibility index (Phi) is 3.37. The number of hydrogen-bond donors (Lipinski definition) is 1. The Hall–Kier alpha value is -1.18. The standard InChI is InChI=1S/C13H11Cl2N/c1-9-12(15)6-3-7-13(9)16-11-5-2-4-10(14)8-11/h2-8,16H,1H3. The van der Waals surface area contributed by atoms with E-state index in [1.807, 2.05) is 49.4 Å². The average Bonchev–Trinajstić information content (AvgIpc) is 2.25. The van der Waals surface area contributed by atoms with Gasteiger partial charge in [0.1, 0.15) is 0 Å². The summed E-state index contributed by atoms with van der Waals surface area (Å²) < 4.78 is 0. The third-order valence-electron chi connectivity index (χ3n) is 2.37. The van der Waals surface area contributed by atoms with Gasteiger partial charge < -0.3 is 5.32 Å². The summed E-state index contributed by atoms with van der Waals surface area (Å²) in [5.41, 5.74) is 2.98. The minimum Gasteiger partial charge on any atom is -0.355 e. The zero-order valence-corrected chi connectivity index (χ0v) is 10.3. The van der Waals surface area contributed by atoms with E-state index in [1.54, 1.807) is 0 Å². The van der Waals surface area contributed by atoms with Crippen molar-refractivity contribution in [3.05, 3.63) is 58.1 Å². The molecule has 1 nitrogen and oxygen atoms in total. The molecule has 0 saturated carbocycles. The Bertz CT molecular complexity index is 509. The first kappa shape index (κ1) is 11.3. The molecule has 0 unspecified atom stereocenters. The van der Waals surface area contributed by atoms with Gasteiger partial charge in [-0.05, 0) is 42.8 Å². The molecule has 2 aromatic rings. The van der Waals surface area contributed by atoms with Crippen molar-refractivity contribution in [2.24, 2.45) is 0 Å². The molecule has 2 rings (SSSR count). The van der Waals surface area contributed by atoms with Crippen LogP contribution < -0.4 is 5.32 Å². The Balaban J connectivity index is 2.31. The van der Waals surface area contributed by atoms with Crippen LogP contribution in [0.5, 0.6) is 0 Å². The minimum atomic E-state index is 0.713. The molecule has 1 N–H and O–H groups in total. The predicted molar refractivity (Wildman–Crippen MR) is 70.9 cm³/mol. The molecule has 16 heavy (non-hydrogen) atoms. The highest BCUT2D eigenvalue weighted by Gasteiger charge is 2.02. The van der Waals surface area contributed by atoms with Crippen LogP contribution in [0.3, 0.4) is 0 Å². The van der Waals surface area contributed by atoms with Crippen LogP contribution in [0.15, 0.2) is 42.5 Å². The van der Waals surface area contributed by atoms with Gasteiger partial charge in [0.15, 0.2) is 0 Å². The quantitative estimate of drug-likeness (QED) is 0.788.